The number of anilines is 1. The third-order valence-electron chi connectivity index (χ3n) is 3.08. The van der Waals surface area contributed by atoms with Gasteiger partial charge in [-0.25, -0.2) is 9.97 Å². The van der Waals surface area contributed by atoms with E-state index in [4.69, 9.17) is 11.6 Å². The van der Waals surface area contributed by atoms with Crippen LogP contribution in [0.5, 0.6) is 0 Å². The Morgan fingerprint density at radius 1 is 1.24 bits per heavy atom. The maximum atomic E-state index is 5.99. The highest BCUT2D eigenvalue weighted by molar-refractivity contribution is 6.30. The molecular formula is C13H12ClN3. The monoisotopic (exact) mass is 245 g/mol. The predicted octanol–water partition coefficient (Wildman–Crippen LogP) is 3.23. The number of aryl methyl sites for hydroxylation is 1. The predicted molar refractivity (Wildman–Crippen MR) is 68.2 cm³/mol. The highest BCUT2D eigenvalue weighted by atomic mass is 35.5. The zero-order chi connectivity index (χ0) is 11.7. The Bertz CT molecular complexity index is 527. The van der Waals surface area contributed by atoms with Crippen LogP contribution in [0.2, 0.25) is 5.02 Å². The molecule has 1 aliphatic rings. The lowest BCUT2D eigenvalue weighted by molar-refractivity contribution is 0.760. The van der Waals surface area contributed by atoms with Crippen molar-refractivity contribution in [1.29, 1.82) is 0 Å². The van der Waals surface area contributed by atoms with Crippen LogP contribution in [0, 0.1) is 0 Å². The average Bonchev–Trinajstić information content (AvgIpc) is 2.73. The Hall–Kier alpha value is -1.61. The van der Waals surface area contributed by atoms with Crippen molar-refractivity contribution >= 4 is 17.3 Å². The number of hydrogen-bond acceptors (Lipinski definition) is 3. The lowest BCUT2D eigenvalue weighted by atomic mass is 10.1. The molecule has 1 aromatic carbocycles. The van der Waals surface area contributed by atoms with Crippen LogP contribution in [0.1, 0.15) is 23.6 Å². The van der Waals surface area contributed by atoms with E-state index in [-0.39, 0.29) is 0 Å². The topological polar surface area (TPSA) is 37.8 Å². The maximum absolute atomic E-state index is 5.99. The molecule has 0 amide bonds. The number of halogens is 1. The summed E-state index contributed by atoms with van der Waals surface area (Å²) in [5.74, 6) is 0. The van der Waals surface area contributed by atoms with Gasteiger partial charge in [-0.3, -0.25) is 0 Å². The molecule has 1 heterocycles. The summed E-state index contributed by atoms with van der Waals surface area (Å²) in [6.45, 7) is 0. The van der Waals surface area contributed by atoms with E-state index in [1.807, 2.05) is 6.07 Å². The first-order valence-electron chi connectivity index (χ1n) is 5.63. The maximum Gasteiger partial charge on any atom is 0.115 e. The Labute approximate surface area is 105 Å². The van der Waals surface area contributed by atoms with Gasteiger partial charge in [0.05, 0.1) is 24.1 Å². The molecule has 1 unspecified atom stereocenters. The van der Waals surface area contributed by atoms with Crippen LogP contribution in [0.25, 0.3) is 0 Å². The van der Waals surface area contributed by atoms with E-state index in [2.05, 4.69) is 27.4 Å². The first kappa shape index (κ1) is 10.5. The molecule has 0 saturated carbocycles. The number of nitrogens with one attached hydrogen (secondary N) is 1. The van der Waals surface area contributed by atoms with Gasteiger partial charge in [0.15, 0.2) is 0 Å². The Morgan fingerprint density at radius 2 is 2.06 bits per heavy atom. The normalized spacial score (nSPS) is 17.8. The van der Waals surface area contributed by atoms with Gasteiger partial charge in [0, 0.05) is 5.02 Å². The van der Waals surface area contributed by atoms with Gasteiger partial charge < -0.3 is 5.32 Å². The molecule has 4 heteroatoms. The van der Waals surface area contributed by atoms with Gasteiger partial charge in [-0.1, -0.05) is 17.7 Å². The van der Waals surface area contributed by atoms with Crippen LogP contribution in [0.4, 0.5) is 5.69 Å². The second kappa shape index (κ2) is 4.34. The molecule has 0 saturated heterocycles. The first-order valence-corrected chi connectivity index (χ1v) is 6.00. The highest BCUT2D eigenvalue weighted by Gasteiger charge is 2.22. The standard InChI is InChI=1S/C13H12ClN3/c14-10-2-3-12-9(5-10)1-4-13(12)17-11-6-15-8-16-7-11/h2-3,5-8,13,17H,1,4H2. The van der Waals surface area contributed by atoms with E-state index in [9.17, 15) is 0 Å². The van der Waals surface area contributed by atoms with Crippen molar-refractivity contribution in [2.24, 2.45) is 0 Å². The van der Waals surface area contributed by atoms with Crippen molar-refractivity contribution in [2.45, 2.75) is 18.9 Å². The van der Waals surface area contributed by atoms with Crippen molar-refractivity contribution < 1.29 is 0 Å². The van der Waals surface area contributed by atoms with Gasteiger partial charge in [-0.2, -0.15) is 0 Å². The summed E-state index contributed by atoms with van der Waals surface area (Å²) in [6, 6.07) is 6.45. The van der Waals surface area contributed by atoms with E-state index in [0.717, 1.165) is 23.6 Å². The van der Waals surface area contributed by atoms with Crippen LogP contribution in [0.15, 0.2) is 36.9 Å². The highest BCUT2D eigenvalue weighted by Crippen LogP contribution is 2.34. The van der Waals surface area contributed by atoms with E-state index in [0.29, 0.717) is 6.04 Å². The molecule has 3 nitrogen and oxygen atoms in total. The fourth-order valence-electron chi connectivity index (χ4n) is 2.31. The molecule has 1 atom stereocenters. The molecule has 1 aliphatic carbocycles. The fraction of sp³-hybridized carbons (Fsp3) is 0.231. The van der Waals surface area contributed by atoms with Crippen molar-refractivity contribution in [2.75, 3.05) is 5.32 Å². The smallest absolute Gasteiger partial charge is 0.115 e. The molecule has 0 radical (unpaired) electrons. The van der Waals surface area contributed by atoms with Crippen LogP contribution < -0.4 is 5.32 Å². The van der Waals surface area contributed by atoms with Crippen molar-refractivity contribution in [3.63, 3.8) is 0 Å². The molecule has 1 N–H and O–H groups in total. The summed E-state index contributed by atoms with van der Waals surface area (Å²) < 4.78 is 0. The first-order chi connectivity index (χ1) is 8.33. The number of fused-ring (bicyclic) bond motifs is 1. The van der Waals surface area contributed by atoms with Crippen LogP contribution >= 0.6 is 11.6 Å². The summed E-state index contributed by atoms with van der Waals surface area (Å²) in [5.41, 5.74) is 3.63. The molecule has 0 aliphatic heterocycles. The lowest BCUT2D eigenvalue weighted by Crippen LogP contribution is -2.07. The molecular weight excluding hydrogens is 234 g/mol. The zero-order valence-electron chi connectivity index (χ0n) is 9.23. The van der Waals surface area contributed by atoms with Gasteiger partial charge in [-0.05, 0) is 36.1 Å². The average molecular weight is 246 g/mol. The number of rotatable bonds is 2. The summed E-state index contributed by atoms with van der Waals surface area (Å²) >= 11 is 5.99. The molecule has 0 bridgehead atoms. The number of hydrogen-bond donors (Lipinski definition) is 1. The van der Waals surface area contributed by atoms with Gasteiger partial charge in [0.2, 0.25) is 0 Å². The zero-order valence-corrected chi connectivity index (χ0v) is 9.98. The van der Waals surface area contributed by atoms with Gasteiger partial charge in [0.25, 0.3) is 0 Å². The van der Waals surface area contributed by atoms with Gasteiger partial charge >= 0.3 is 0 Å². The van der Waals surface area contributed by atoms with E-state index in [1.54, 1.807) is 12.4 Å². The second-order valence-electron chi connectivity index (χ2n) is 4.21. The Balaban J connectivity index is 1.85. The number of aromatic nitrogens is 2. The SMILES string of the molecule is Clc1ccc2c(c1)CCC2Nc1cncnc1. The summed E-state index contributed by atoms with van der Waals surface area (Å²) in [6.07, 6.45) is 7.28. The Morgan fingerprint density at radius 3 is 2.88 bits per heavy atom. The van der Waals surface area contributed by atoms with E-state index < -0.39 is 0 Å². The van der Waals surface area contributed by atoms with Gasteiger partial charge in [0.1, 0.15) is 6.33 Å². The molecule has 2 aromatic rings. The lowest BCUT2D eigenvalue weighted by Gasteiger charge is -2.14. The summed E-state index contributed by atoms with van der Waals surface area (Å²) in [7, 11) is 0. The minimum Gasteiger partial charge on any atom is -0.376 e. The quantitative estimate of drug-likeness (QED) is 0.883. The van der Waals surface area contributed by atoms with Crippen LogP contribution in [0.3, 0.4) is 0 Å². The summed E-state index contributed by atoms with van der Waals surface area (Å²) in [4.78, 5) is 8.00. The van der Waals surface area contributed by atoms with E-state index in [1.165, 1.54) is 17.5 Å². The molecule has 1 aromatic heterocycles. The van der Waals surface area contributed by atoms with E-state index >= 15 is 0 Å². The van der Waals surface area contributed by atoms with Crippen LogP contribution in [-0.4, -0.2) is 9.97 Å². The largest absolute Gasteiger partial charge is 0.376 e. The third kappa shape index (κ3) is 2.11. The Kier molecular flexibility index (Phi) is 2.69. The van der Waals surface area contributed by atoms with Crippen molar-refractivity contribution in [1.82, 2.24) is 9.97 Å². The minimum atomic E-state index is 0.341. The van der Waals surface area contributed by atoms with Gasteiger partial charge in [-0.15, -0.1) is 0 Å². The fourth-order valence-corrected chi connectivity index (χ4v) is 2.51. The third-order valence-corrected chi connectivity index (χ3v) is 3.32. The van der Waals surface area contributed by atoms with Crippen LogP contribution in [-0.2, 0) is 6.42 Å². The molecule has 3 rings (SSSR count). The molecule has 0 fully saturated rings. The molecule has 86 valence electrons. The molecule has 17 heavy (non-hydrogen) atoms. The number of benzene rings is 1. The number of nitrogens with zero attached hydrogens (tertiary/aromatic N) is 2. The van der Waals surface area contributed by atoms with Crippen molar-refractivity contribution in [3.8, 4) is 0 Å². The minimum absolute atomic E-state index is 0.341. The second-order valence-corrected chi connectivity index (χ2v) is 4.64. The molecule has 0 spiro atoms. The summed E-state index contributed by atoms with van der Waals surface area (Å²) in [5, 5.41) is 4.26. The van der Waals surface area contributed by atoms with Crippen molar-refractivity contribution in [3.05, 3.63) is 53.1 Å².